The van der Waals surface area contributed by atoms with Crippen LogP contribution in [0.15, 0.2) is 56.3 Å². The Morgan fingerprint density at radius 3 is 2.54 bits per heavy atom. The number of rotatable bonds is 5. The molecule has 1 aliphatic heterocycles. The number of carbonyl (C=O) groups is 2. The summed E-state index contributed by atoms with van der Waals surface area (Å²) >= 11 is 13.4. The van der Waals surface area contributed by atoms with Crippen LogP contribution < -0.4 is 9.64 Å². The van der Waals surface area contributed by atoms with Crippen LogP contribution in [0.3, 0.4) is 0 Å². The quantitative estimate of drug-likeness (QED) is 0.295. The third-order valence-electron chi connectivity index (χ3n) is 3.71. The number of ether oxygens (including phenoxy) is 2. The van der Waals surface area contributed by atoms with Gasteiger partial charge in [0.05, 0.1) is 17.7 Å². The molecule has 28 heavy (non-hydrogen) atoms. The minimum Gasteiger partial charge on any atom is -0.481 e. The van der Waals surface area contributed by atoms with E-state index in [4.69, 9.17) is 17.0 Å². The van der Waals surface area contributed by atoms with Crippen LogP contribution in [0.2, 0.25) is 0 Å². The molecule has 9 heteroatoms. The number of carbonyl (C=O) groups excluding carboxylic acids is 2. The molecule has 1 heterocycles. The van der Waals surface area contributed by atoms with Crippen LogP contribution in [-0.4, -0.2) is 29.9 Å². The molecule has 3 rings (SSSR count). The van der Waals surface area contributed by atoms with Gasteiger partial charge in [0.25, 0.3) is 5.91 Å². The van der Waals surface area contributed by atoms with E-state index in [-0.39, 0.29) is 12.5 Å². The van der Waals surface area contributed by atoms with Crippen molar-refractivity contribution in [1.82, 2.24) is 0 Å². The van der Waals surface area contributed by atoms with Crippen LogP contribution in [0, 0.1) is 0 Å². The van der Waals surface area contributed by atoms with E-state index < -0.39 is 5.97 Å². The summed E-state index contributed by atoms with van der Waals surface area (Å²) in [6.07, 6.45) is 1.70. The molecule has 1 fully saturated rings. The average molecular weight is 543 g/mol. The third-order valence-corrected chi connectivity index (χ3v) is 6.03. The molecule has 0 saturated carbocycles. The molecule has 1 amide bonds. The predicted octanol–water partition coefficient (Wildman–Crippen LogP) is 5.17. The highest BCUT2D eigenvalue weighted by molar-refractivity contribution is 9.10. The summed E-state index contributed by atoms with van der Waals surface area (Å²) in [5, 5.41) is 0. The van der Waals surface area contributed by atoms with Crippen molar-refractivity contribution < 1.29 is 19.1 Å². The summed E-state index contributed by atoms with van der Waals surface area (Å²) in [4.78, 5) is 26.3. The Morgan fingerprint density at radius 2 is 1.86 bits per heavy atom. The van der Waals surface area contributed by atoms with Gasteiger partial charge in [-0.1, -0.05) is 55.8 Å². The fourth-order valence-corrected chi connectivity index (χ4v) is 4.31. The van der Waals surface area contributed by atoms with Gasteiger partial charge in [-0.05, 0) is 48.5 Å². The largest absolute Gasteiger partial charge is 0.481 e. The van der Waals surface area contributed by atoms with E-state index in [2.05, 4.69) is 36.6 Å². The molecular formula is C19H13Br2NO4S2. The lowest BCUT2D eigenvalue weighted by molar-refractivity contribution is -0.142. The van der Waals surface area contributed by atoms with E-state index in [0.717, 1.165) is 8.95 Å². The van der Waals surface area contributed by atoms with Crippen LogP contribution in [0.1, 0.15) is 5.56 Å². The number of benzene rings is 2. The van der Waals surface area contributed by atoms with Gasteiger partial charge < -0.3 is 9.47 Å². The second-order valence-corrected chi connectivity index (χ2v) is 9.05. The molecule has 0 bridgehead atoms. The molecular weight excluding hydrogens is 530 g/mol. The van der Waals surface area contributed by atoms with Gasteiger partial charge in [-0.2, -0.15) is 0 Å². The first-order chi connectivity index (χ1) is 13.4. The summed E-state index contributed by atoms with van der Waals surface area (Å²) in [6.45, 7) is -0.223. The minimum atomic E-state index is -0.490. The minimum absolute atomic E-state index is 0.212. The van der Waals surface area contributed by atoms with E-state index in [1.807, 2.05) is 24.3 Å². The van der Waals surface area contributed by atoms with E-state index in [0.29, 0.717) is 26.2 Å². The van der Waals surface area contributed by atoms with Crippen LogP contribution in [0.5, 0.6) is 5.75 Å². The molecule has 144 valence electrons. The fraction of sp³-hybridized carbons (Fsp3) is 0.105. The van der Waals surface area contributed by atoms with Crippen LogP contribution in [0.4, 0.5) is 5.69 Å². The van der Waals surface area contributed by atoms with E-state index in [1.165, 1.54) is 23.8 Å². The Kier molecular flexibility index (Phi) is 6.92. The molecule has 2 aromatic carbocycles. The zero-order chi connectivity index (χ0) is 20.3. The maximum Gasteiger partial charge on any atom is 0.343 e. The van der Waals surface area contributed by atoms with Crippen molar-refractivity contribution in [2.45, 2.75) is 0 Å². The molecule has 0 N–H and O–H groups in total. The molecule has 5 nitrogen and oxygen atoms in total. The number of methoxy groups -OCH3 is 1. The van der Waals surface area contributed by atoms with Crippen molar-refractivity contribution in [3.05, 3.63) is 61.9 Å². The van der Waals surface area contributed by atoms with Crippen LogP contribution >= 0.6 is 55.8 Å². The molecule has 0 atom stereocenters. The molecule has 1 saturated heterocycles. The highest BCUT2D eigenvalue weighted by Crippen LogP contribution is 2.38. The predicted molar refractivity (Wildman–Crippen MR) is 121 cm³/mol. The number of esters is 1. The number of hydrogen-bond donors (Lipinski definition) is 0. The van der Waals surface area contributed by atoms with Crippen molar-refractivity contribution in [1.29, 1.82) is 0 Å². The first-order valence-electron chi connectivity index (χ1n) is 7.91. The van der Waals surface area contributed by atoms with Crippen molar-refractivity contribution in [3.8, 4) is 5.75 Å². The maximum absolute atomic E-state index is 12.9. The van der Waals surface area contributed by atoms with Crippen molar-refractivity contribution >= 4 is 83.8 Å². The van der Waals surface area contributed by atoms with Gasteiger partial charge in [0.1, 0.15) is 5.75 Å². The zero-order valence-corrected chi connectivity index (χ0v) is 19.3. The van der Waals surface area contributed by atoms with Gasteiger partial charge >= 0.3 is 5.97 Å². The number of halogens is 2. The fourth-order valence-electron chi connectivity index (χ4n) is 2.38. The number of hydrogen-bond acceptors (Lipinski definition) is 6. The Balaban J connectivity index is 1.90. The average Bonchev–Trinajstić information content (AvgIpc) is 2.95. The van der Waals surface area contributed by atoms with Crippen molar-refractivity contribution in [3.63, 3.8) is 0 Å². The van der Waals surface area contributed by atoms with E-state index >= 15 is 0 Å². The monoisotopic (exact) mass is 541 g/mol. The highest BCUT2D eigenvalue weighted by atomic mass is 79.9. The zero-order valence-electron chi connectivity index (χ0n) is 14.5. The van der Waals surface area contributed by atoms with Gasteiger partial charge in [0.2, 0.25) is 0 Å². The number of amides is 1. The lowest BCUT2D eigenvalue weighted by Gasteiger charge is -2.14. The summed E-state index contributed by atoms with van der Waals surface area (Å²) in [6, 6.07) is 12.7. The lowest BCUT2D eigenvalue weighted by atomic mass is 10.2. The van der Waals surface area contributed by atoms with Gasteiger partial charge in [-0.15, -0.1) is 0 Å². The van der Waals surface area contributed by atoms with Gasteiger partial charge in [0.15, 0.2) is 10.9 Å². The first kappa shape index (κ1) is 21.0. The van der Waals surface area contributed by atoms with Crippen LogP contribution in [-0.2, 0) is 14.3 Å². The smallest absolute Gasteiger partial charge is 0.343 e. The van der Waals surface area contributed by atoms with E-state index in [9.17, 15) is 9.59 Å². The molecule has 1 aliphatic rings. The molecule has 0 unspecified atom stereocenters. The SMILES string of the molecule is COC(=O)COc1ccc(Br)cc1/C=C1/SC(=S)N(c2ccc(Br)cc2)C1=O. The van der Waals surface area contributed by atoms with Gasteiger partial charge in [-0.25, -0.2) is 4.79 Å². The standard InChI is InChI=1S/C19H13Br2NO4S2/c1-25-17(23)10-26-15-7-4-13(21)8-11(15)9-16-18(24)22(19(27)28-16)14-5-2-12(20)3-6-14/h2-9H,10H2,1H3/b16-9+. The maximum atomic E-state index is 12.9. The highest BCUT2D eigenvalue weighted by Gasteiger charge is 2.33. The van der Waals surface area contributed by atoms with Crippen molar-refractivity contribution in [2.75, 3.05) is 18.6 Å². The van der Waals surface area contributed by atoms with Crippen LogP contribution in [0.25, 0.3) is 6.08 Å². The van der Waals surface area contributed by atoms with Crippen molar-refractivity contribution in [2.24, 2.45) is 0 Å². The third kappa shape index (κ3) is 4.83. The lowest BCUT2D eigenvalue weighted by Crippen LogP contribution is -2.27. The topological polar surface area (TPSA) is 55.8 Å². The number of anilines is 1. The number of thioether (sulfide) groups is 1. The molecule has 0 spiro atoms. The second-order valence-electron chi connectivity index (χ2n) is 5.54. The Hall–Kier alpha value is -1.68. The Labute approximate surface area is 188 Å². The number of nitrogens with zero attached hydrogens (tertiary/aromatic N) is 1. The second kappa shape index (κ2) is 9.21. The summed E-state index contributed by atoms with van der Waals surface area (Å²) in [5.74, 6) is -0.242. The Bertz CT molecular complexity index is 976. The van der Waals surface area contributed by atoms with Gasteiger partial charge in [-0.3, -0.25) is 9.69 Å². The first-order valence-corrected chi connectivity index (χ1v) is 10.7. The number of thiocarbonyl (C=S) groups is 1. The molecule has 0 radical (unpaired) electrons. The molecule has 2 aromatic rings. The Morgan fingerprint density at radius 1 is 1.18 bits per heavy atom. The molecule has 0 aromatic heterocycles. The summed E-state index contributed by atoms with van der Waals surface area (Å²) < 4.78 is 12.3. The molecule has 0 aliphatic carbocycles. The van der Waals surface area contributed by atoms with E-state index in [1.54, 1.807) is 24.3 Å². The summed E-state index contributed by atoms with van der Waals surface area (Å²) in [5.41, 5.74) is 1.35. The van der Waals surface area contributed by atoms with Gasteiger partial charge in [0, 0.05) is 14.5 Å². The normalized spacial score (nSPS) is 15.2. The summed E-state index contributed by atoms with van der Waals surface area (Å²) in [7, 11) is 1.29.